The fraction of sp³-hybridized carbons (Fsp3) is 0.556. The van der Waals surface area contributed by atoms with E-state index in [1.165, 1.54) is 12.0 Å². The highest BCUT2D eigenvalue weighted by atomic mass is 16.5. The number of hydrogen-bond donors (Lipinski definition) is 1. The number of benzene rings is 1. The van der Waals surface area contributed by atoms with Crippen molar-refractivity contribution < 1.29 is 28.9 Å². The Balaban J connectivity index is 2.78. The molecule has 0 saturated carbocycles. The second-order valence-electron chi connectivity index (χ2n) is 5.68. The lowest BCUT2D eigenvalue weighted by Gasteiger charge is -2.31. The largest absolute Gasteiger partial charge is 0.497 e. The molecule has 0 spiro atoms. The van der Waals surface area contributed by atoms with Gasteiger partial charge in [0.2, 0.25) is 0 Å². The summed E-state index contributed by atoms with van der Waals surface area (Å²) in [6.45, 7) is 3.32. The van der Waals surface area contributed by atoms with Gasteiger partial charge >= 0.3 is 5.97 Å². The van der Waals surface area contributed by atoms with Gasteiger partial charge in [0.1, 0.15) is 11.5 Å². The van der Waals surface area contributed by atoms with Crippen LogP contribution >= 0.6 is 0 Å². The van der Waals surface area contributed by atoms with Gasteiger partial charge in [0.15, 0.2) is 6.61 Å². The summed E-state index contributed by atoms with van der Waals surface area (Å²) in [5, 5.41) is 9.54. The van der Waals surface area contributed by atoms with E-state index in [9.17, 15) is 14.7 Å². The highest BCUT2D eigenvalue weighted by Crippen LogP contribution is 2.19. The first kappa shape index (κ1) is 20.8. The van der Waals surface area contributed by atoms with E-state index in [2.05, 4.69) is 0 Å². The minimum atomic E-state index is -0.494. The monoisotopic (exact) mass is 353 g/mol. The first-order valence-corrected chi connectivity index (χ1v) is 8.21. The molecule has 1 aromatic rings. The summed E-state index contributed by atoms with van der Waals surface area (Å²) < 4.78 is 15.4. The smallest absolute Gasteiger partial charge is 0.310 e. The summed E-state index contributed by atoms with van der Waals surface area (Å²) >= 11 is 0. The van der Waals surface area contributed by atoms with E-state index in [-0.39, 0.29) is 31.7 Å². The molecule has 0 heterocycles. The molecule has 2 unspecified atom stereocenters. The van der Waals surface area contributed by atoms with Gasteiger partial charge in [-0.05, 0) is 18.6 Å². The highest BCUT2D eigenvalue weighted by molar-refractivity contribution is 5.79. The number of aliphatic hydroxyl groups excluding tert-OH is 1. The van der Waals surface area contributed by atoms with Crippen molar-refractivity contribution >= 4 is 11.9 Å². The van der Waals surface area contributed by atoms with Crippen molar-refractivity contribution in [2.45, 2.75) is 26.3 Å². The summed E-state index contributed by atoms with van der Waals surface area (Å²) in [5.41, 5.74) is 0. The number of aliphatic hydroxyl groups is 1. The fourth-order valence-corrected chi connectivity index (χ4v) is 2.39. The van der Waals surface area contributed by atoms with E-state index in [0.717, 1.165) is 0 Å². The van der Waals surface area contributed by atoms with Crippen molar-refractivity contribution in [3.05, 3.63) is 24.3 Å². The lowest BCUT2D eigenvalue weighted by molar-refractivity contribution is -0.148. The fourth-order valence-electron chi connectivity index (χ4n) is 2.39. The van der Waals surface area contributed by atoms with Gasteiger partial charge < -0.3 is 24.2 Å². The number of amides is 1. The molecule has 1 amide bonds. The first-order chi connectivity index (χ1) is 12.0. The van der Waals surface area contributed by atoms with Crippen LogP contribution in [0.1, 0.15) is 20.3 Å². The van der Waals surface area contributed by atoms with Gasteiger partial charge in [0, 0.05) is 12.6 Å². The average Bonchev–Trinajstić information content (AvgIpc) is 2.65. The summed E-state index contributed by atoms with van der Waals surface area (Å²) in [6.07, 6.45) is 0.565. The van der Waals surface area contributed by atoms with Crippen molar-refractivity contribution in [2.75, 3.05) is 34.0 Å². The number of carbonyl (C=O) groups is 2. The highest BCUT2D eigenvalue weighted by Gasteiger charge is 2.27. The Morgan fingerprint density at radius 2 is 1.92 bits per heavy atom. The van der Waals surface area contributed by atoms with Crippen LogP contribution in [-0.4, -0.2) is 61.9 Å². The van der Waals surface area contributed by atoms with Crippen molar-refractivity contribution in [1.29, 1.82) is 0 Å². The molecule has 1 N–H and O–H groups in total. The second-order valence-corrected chi connectivity index (χ2v) is 5.68. The molecule has 0 radical (unpaired) electrons. The van der Waals surface area contributed by atoms with Gasteiger partial charge in [-0.15, -0.1) is 0 Å². The molecule has 7 nitrogen and oxygen atoms in total. The average molecular weight is 353 g/mol. The summed E-state index contributed by atoms with van der Waals surface area (Å²) in [6, 6.07) is 6.56. The third-order valence-electron chi connectivity index (χ3n) is 3.92. The zero-order valence-electron chi connectivity index (χ0n) is 15.2. The summed E-state index contributed by atoms with van der Waals surface area (Å²) in [4.78, 5) is 25.7. The molecule has 0 aromatic heterocycles. The van der Waals surface area contributed by atoms with Gasteiger partial charge in [0.25, 0.3) is 5.91 Å². The molecule has 2 atom stereocenters. The molecule has 1 rings (SSSR count). The Kier molecular flexibility index (Phi) is 8.77. The Hall–Kier alpha value is -2.28. The summed E-state index contributed by atoms with van der Waals surface area (Å²) in [7, 11) is 2.85. The molecule has 0 aliphatic heterocycles. The Morgan fingerprint density at radius 3 is 2.48 bits per heavy atom. The lowest BCUT2D eigenvalue weighted by atomic mass is 10.1. The minimum absolute atomic E-state index is 0.159. The number of methoxy groups -OCH3 is 2. The number of rotatable bonds is 10. The molecule has 0 saturated heterocycles. The van der Waals surface area contributed by atoms with E-state index in [1.54, 1.807) is 38.3 Å². The Bertz CT molecular complexity index is 558. The van der Waals surface area contributed by atoms with E-state index >= 15 is 0 Å². The zero-order valence-corrected chi connectivity index (χ0v) is 15.2. The van der Waals surface area contributed by atoms with E-state index < -0.39 is 11.9 Å². The molecule has 0 bridgehead atoms. The maximum atomic E-state index is 12.6. The molecular formula is C18H27NO6. The molecule has 0 aliphatic rings. The number of carbonyl (C=O) groups excluding carboxylic acids is 2. The predicted octanol–water partition coefficient (Wildman–Crippen LogP) is 1.48. The third kappa shape index (κ3) is 6.26. The zero-order chi connectivity index (χ0) is 18.8. The first-order valence-electron chi connectivity index (χ1n) is 8.21. The van der Waals surface area contributed by atoms with Crippen molar-refractivity contribution in [3.63, 3.8) is 0 Å². The standard InChI is InChI=1S/C18H27NO6/c1-5-14(11-20)19(10-13(2)18(22)24-4)17(21)12-25-16-8-6-7-15(9-16)23-3/h6-9,13-14,20H,5,10-12H2,1-4H3. The van der Waals surface area contributed by atoms with E-state index in [0.29, 0.717) is 17.9 Å². The molecule has 140 valence electrons. The van der Waals surface area contributed by atoms with Crippen molar-refractivity contribution in [1.82, 2.24) is 4.90 Å². The van der Waals surface area contributed by atoms with Crippen LogP contribution in [0.4, 0.5) is 0 Å². The number of nitrogens with zero attached hydrogens (tertiary/aromatic N) is 1. The quantitative estimate of drug-likeness (QED) is 0.642. The van der Waals surface area contributed by atoms with Crippen LogP contribution in [-0.2, 0) is 14.3 Å². The molecule has 7 heteroatoms. The molecule has 25 heavy (non-hydrogen) atoms. The van der Waals surface area contributed by atoms with Crippen LogP contribution in [0.15, 0.2) is 24.3 Å². The van der Waals surface area contributed by atoms with Gasteiger partial charge in [-0.1, -0.05) is 19.9 Å². The molecule has 0 aliphatic carbocycles. The van der Waals surface area contributed by atoms with Crippen molar-refractivity contribution in [2.24, 2.45) is 5.92 Å². The Labute approximate surface area is 148 Å². The third-order valence-corrected chi connectivity index (χ3v) is 3.92. The normalized spacial score (nSPS) is 12.8. The number of ether oxygens (including phenoxy) is 3. The summed E-state index contributed by atoms with van der Waals surface area (Å²) in [5.74, 6) is -0.0706. The maximum Gasteiger partial charge on any atom is 0.310 e. The maximum absolute atomic E-state index is 12.6. The van der Waals surface area contributed by atoms with E-state index in [4.69, 9.17) is 14.2 Å². The molecule has 1 aromatic carbocycles. The number of esters is 1. The van der Waals surface area contributed by atoms with E-state index in [1.807, 2.05) is 6.92 Å². The van der Waals surface area contributed by atoms with Crippen molar-refractivity contribution in [3.8, 4) is 11.5 Å². The Morgan fingerprint density at radius 1 is 1.24 bits per heavy atom. The molecular weight excluding hydrogens is 326 g/mol. The van der Waals surface area contributed by atoms with Crippen LogP contribution in [0.25, 0.3) is 0 Å². The van der Waals surface area contributed by atoms with Gasteiger partial charge in [-0.2, -0.15) is 0 Å². The van der Waals surface area contributed by atoms with Gasteiger partial charge in [-0.25, -0.2) is 0 Å². The van der Waals surface area contributed by atoms with Gasteiger partial charge in [-0.3, -0.25) is 9.59 Å². The van der Waals surface area contributed by atoms with Crippen LogP contribution < -0.4 is 9.47 Å². The SMILES string of the molecule is CCC(CO)N(CC(C)C(=O)OC)C(=O)COc1cccc(OC)c1. The molecule has 0 fully saturated rings. The van der Waals surface area contributed by atoms with Crippen LogP contribution in [0.2, 0.25) is 0 Å². The van der Waals surface area contributed by atoms with Crippen LogP contribution in [0.3, 0.4) is 0 Å². The lowest BCUT2D eigenvalue weighted by Crippen LogP contribution is -2.47. The van der Waals surface area contributed by atoms with Crippen LogP contribution in [0.5, 0.6) is 11.5 Å². The second kappa shape index (κ2) is 10.6. The predicted molar refractivity (Wildman–Crippen MR) is 92.5 cm³/mol. The minimum Gasteiger partial charge on any atom is -0.497 e. The van der Waals surface area contributed by atoms with Crippen LogP contribution in [0, 0.1) is 5.92 Å². The van der Waals surface area contributed by atoms with Gasteiger partial charge in [0.05, 0.1) is 32.8 Å². The number of hydrogen-bond acceptors (Lipinski definition) is 6. The topological polar surface area (TPSA) is 85.3 Å².